The van der Waals surface area contributed by atoms with Crippen LogP contribution in [0, 0.1) is 0 Å². The summed E-state index contributed by atoms with van der Waals surface area (Å²) in [7, 11) is -1.68. The third-order valence-corrected chi connectivity index (χ3v) is 29.3. The average molecular weight is 1350 g/mol. The van der Waals surface area contributed by atoms with E-state index in [2.05, 4.69) is 212 Å². The average Bonchev–Trinajstić information content (AvgIpc) is 1.51. The highest BCUT2D eigenvalue weighted by molar-refractivity contribution is 7.10. The van der Waals surface area contributed by atoms with E-state index in [1.54, 1.807) is 22.7 Å². The minimum absolute atomic E-state index is 0.00537. The van der Waals surface area contributed by atoms with Crippen molar-refractivity contribution in [2.45, 2.75) is 211 Å². The minimum Gasteiger partial charge on any atom is -0.415 e. The van der Waals surface area contributed by atoms with Crippen LogP contribution < -0.4 is 26.6 Å². The number of aliphatic hydroxyl groups excluding tert-OH is 5. The Hall–Kier alpha value is -4.34. The number of thiophene rings is 2. The molecule has 0 radical (unpaired) electrons. The lowest BCUT2D eigenvalue weighted by atomic mass is 9.97. The molecule has 15 saturated heterocycles. The maximum absolute atomic E-state index is 10.6. The van der Waals surface area contributed by atoms with Gasteiger partial charge in [0, 0.05) is 48.0 Å². The molecule has 2 aromatic heterocycles. The van der Waals surface area contributed by atoms with E-state index in [4.69, 9.17) is 28.1 Å². The summed E-state index contributed by atoms with van der Waals surface area (Å²) in [6, 6.07) is 54.2. The summed E-state index contributed by atoms with van der Waals surface area (Å²) in [5.74, 6) is 0. The Morgan fingerprint density at radius 1 is 0.589 bits per heavy atom. The van der Waals surface area contributed by atoms with Gasteiger partial charge in [0.15, 0.2) is 39.8 Å². The number of ether oxygens (including phenoxy) is 5. The molecule has 10 N–H and O–H groups in total. The van der Waals surface area contributed by atoms with Crippen molar-refractivity contribution in [2.24, 2.45) is 0 Å². The van der Waals surface area contributed by atoms with Crippen LogP contribution in [-0.4, -0.2) is 214 Å². The molecule has 21 rings (SSSR count). The monoisotopic (exact) mass is 1350 g/mol. The summed E-state index contributed by atoms with van der Waals surface area (Å²) in [6.45, 7) is 18.1. The fourth-order valence-electron chi connectivity index (χ4n) is 15.9. The fraction of sp³-hybridized carbons (Fsp3) is 0.549. The van der Waals surface area contributed by atoms with E-state index in [0.29, 0.717) is 54.4 Å². The standard InChI is InChI=1S/2C18H18N2O2.C15H30N2O3Si.C14H14N2O2S2.C6H10N2O2/c21-16-18(14-9-5-2-6-10-14)12-20(18)15(22-16)17(11-19-17)13-7-3-1-4-8-13;21-18-16-15(12-9-5-2-6-10-12)20(16)17(22-18)14-13(19-14)11-7-3-1-4-8-11;1-7-10-12-14(18)20-13(17(10)12)11-9(16-11)8-19-21(5,6)15(2,3)4;17-14-12-11(8-4-2-6-20-8)16(12)13(18-14)10-9(15-10)7-3-1-5-19-7;9-6-4-2-8(4)5(10-6)3-1-7-3/h1-10,15-16,19,21H,11-12H2;1-10,13-19,21H;9-14,16,18H,7-8H2,1-6H3;1-6,9-15,17H;3-7,9H,1-2H2/t15?,16-,17-,18-,20?;13-,14+,15?,16?,17?,18-,20?;9-,10?,11+,12?,13?,14-,17?;9-,10+,11?,12?,13?,14-,16?;3-,4?,5?,6+,8?/m11110/s1. The minimum atomic E-state index is -1.68. The maximum Gasteiger partial charge on any atom is 0.192 e. The molecule has 0 aliphatic carbocycles. The van der Waals surface area contributed by atoms with Gasteiger partial charge in [-0.25, -0.2) is 0 Å². The Labute approximate surface area is 564 Å². The van der Waals surface area contributed by atoms with Gasteiger partial charge >= 0.3 is 0 Å². The van der Waals surface area contributed by atoms with E-state index in [0.717, 1.165) is 44.8 Å². The van der Waals surface area contributed by atoms with Crippen molar-refractivity contribution in [1.29, 1.82) is 0 Å². The molecule has 17 unspecified atom stereocenters. The van der Waals surface area contributed by atoms with E-state index in [1.807, 2.05) is 36.4 Å². The molecule has 21 nitrogen and oxygen atoms in total. The topological polar surface area (TPSA) is 281 Å². The largest absolute Gasteiger partial charge is 0.415 e. The summed E-state index contributed by atoms with van der Waals surface area (Å²) in [4.78, 5) is 14.1. The van der Waals surface area contributed by atoms with Crippen LogP contribution >= 0.6 is 22.7 Å². The van der Waals surface area contributed by atoms with Crippen LogP contribution in [0.2, 0.25) is 18.1 Å². The molecule has 15 aliphatic heterocycles. The highest BCUT2D eigenvalue weighted by atomic mass is 32.1. The Morgan fingerprint density at radius 2 is 1.13 bits per heavy atom. The number of hydrogen-bond donors (Lipinski definition) is 10. The highest BCUT2D eigenvalue weighted by Crippen LogP contribution is 2.60. The summed E-state index contributed by atoms with van der Waals surface area (Å²) < 4.78 is 34.7. The van der Waals surface area contributed by atoms with Crippen molar-refractivity contribution in [1.82, 2.24) is 51.1 Å². The molecule has 4 aromatic carbocycles. The second kappa shape index (κ2) is 24.5. The summed E-state index contributed by atoms with van der Waals surface area (Å²) >= 11 is 3.53. The van der Waals surface area contributed by atoms with Gasteiger partial charge in [0.05, 0.1) is 84.6 Å². The van der Waals surface area contributed by atoms with Gasteiger partial charge in [0.25, 0.3) is 0 Å². The first-order chi connectivity index (χ1) is 46.0. The molecular formula is C71H90N10O11S2Si. The summed E-state index contributed by atoms with van der Waals surface area (Å²) in [5, 5.41) is 71.5. The Morgan fingerprint density at radius 3 is 1.66 bits per heavy atom. The van der Waals surface area contributed by atoms with Gasteiger partial charge in [-0.2, -0.15) is 0 Å². The van der Waals surface area contributed by atoms with Crippen LogP contribution in [0.1, 0.15) is 90.3 Å². The van der Waals surface area contributed by atoms with Crippen molar-refractivity contribution < 1.29 is 53.6 Å². The first-order valence-electron chi connectivity index (χ1n) is 34.2. The number of nitrogens with one attached hydrogen (secondary N) is 5. The molecule has 15 aliphatic rings. The van der Waals surface area contributed by atoms with E-state index >= 15 is 0 Å². The highest BCUT2D eigenvalue weighted by Gasteiger charge is 2.74. The number of benzene rings is 4. The molecule has 0 amide bonds. The van der Waals surface area contributed by atoms with E-state index in [-0.39, 0.29) is 77.5 Å². The second-order valence-electron chi connectivity index (χ2n) is 29.6. The van der Waals surface area contributed by atoms with Crippen molar-refractivity contribution in [3.8, 4) is 0 Å². The van der Waals surface area contributed by atoms with Gasteiger partial charge in [-0.3, -0.25) is 29.8 Å². The maximum atomic E-state index is 10.6. The third kappa shape index (κ3) is 11.8. The predicted octanol–water partition coefficient (Wildman–Crippen LogP) is 4.90. The van der Waals surface area contributed by atoms with Crippen LogP contribution in [0.15, 0.2) is 156 Å². The van der Waals surface area contributed by atoms with Crippen molar-refractivity contribution in [3.05, 3.63) is 188 Å². The molecule has 31 atom stereocenters. The predicted molar refractivity (Wildman–Crippen MR) is 359 cm³/mol. The summed E-state index contributed by atoms with van der Waals surface area (Å²) in [5.41, 5.74) is 4.36. The van der Waals surface area contributed by atoms with E-state index in [1.165, 1.54) is 26.4 Å². The van der Waals surface area contributed by atoms with Gasteiger partial charge in [0.1, 0.15) is 36.7 Å². The van der Waals surface area contributed by atoms with E-state index in [9.17, 15) is 25.5 Å². The number of hydrogen-bond acceptors (Lipinski definition) is 23. The molecule has 15 fully saturated rings. The van der Waals surface area contributed by atoms with Crippen LogP contribution in [-0.2, 0) is 39.2 Å². The van der Waals surface area contributed by atoms with Gasteiger partial charge in [0.2, 0.25) is 0 Å². The van der Waals surface area contributed by atoms with Crippen LogP contribution in [0.5, 0.6) is 0 Å². The lowest BCUT2D eigenvalue weighted by Crippen LogP contribution is -2.42. The number of nitrogens with zero attached hydrogens (tertiary/aromatic N) is 5. The summed E-state index contributed by atoms with van der Waals surface area (Å²) in [6.07, 6.45) is -2.14. The normalized spacial score (nSPS) is 45.8. The Balaban J connectivity index is 0.0000000915. The SMILES string of the molecule is CCC1C2[C@H](O)OC([C@H]3N[C@@H]3CO[Si](C)(C)C(C)(C)C)N12.O[C@@H]1OC([C@@H]2CN2)N2CC12.O[C@@H]1OC([C@H]2N[C@@H]2c2ccccc2)N2C(c3ccccc3)C12.O[C@@H]1OC([C@H]2N[C@@H]2c2cccs2)N2C(c3cccs3)C12.O[C@@H]1OC([C@]2(c3ccccc3)CN2)N2C[C@@]12c1ccccc1. The molecule has 0 bridgehead atoms. The smallest absolute Gasteiger partial charge is 0.192 e. The molecule has 17 heterocycles. The molecule has 6 aromatic rings. The zero-order chi connectivity index (χ0) is 65.0. The molecule has 0 saturated carbocycles. The number of aliphatic hydroxyl groups is 5. The molecule has 0 spiro atoms. The van der Waals surface area contributed by atoms with Crippen LogP contribution in [0.3, 0.4) is 0 Å². The van der Waals surface area contributed by atoms with E-state index < -0.39 is 39.8 Å². The number of fused-ring (bicyclic) bond motifs is 5. The zero-order valence-electron chi connectivity index (χ0n) is 54.3. The van der Waals surface area contributed by atoms with Gasteiger partial charge in [-0.05, 0) is 69.7 Å². The third-order valence-electron chi connectivity index (χ3n) is 22.9. The quantitative estimate of drug-likeness (QED) is 0.0484. The van der Waals surface area contributed by atoms with Crippen LogP contribution in [0.25, 0.3) is 0 Å². The fourth-order valence-corrected chi connectivity index (χ4v) is 18.6. The number of rotatable bonds is 15. The zero-order valence-corrected chi connectivity index (χ0v) is 57.0. The first-order valence-corrected chi connectivity index (χ1v) is 38.9. The van der Waals surface area contributed by atoms with Crippen molar-refractivity contribution >= 4 is 31.0 Å². The van der Waals surface area contributed by atoms with Gasteiger partial charge < -0.3 is 74.9 Å². The Kier molecular flexibility index (Phi) is 16.5. The first kappa shape index (κ1) is 64.1. The van der Waals surface area contributed by atoms with Gasteiger partial charge in [-0.15, -0.1) is 22.7 Å². The second-order valence-corrected chi connectivity index (χ2v) is 36.4. The Bertz CT molecular complexity index is 3630. The van der Waals surface area contributed by atoms with Gasteiger partial charge in [-0.1, -0.05) is 161 Å². The lowest BCUT2D eigenvalue weighted by molar-refractivity contribution is -0.134. The van der Waals surface area contributed by atoms with Crippen molar-refractivity contribution in [3.63, 3.8) is 0 Å². The van der Waals surface area contributed by atoms with Crippen molar-refractivity contribution in [2.75, 3.05) is 32.8 Å². The van der Waals surface area contributed by atoms with Crippen LogP contribution in [0.4, 0.5) is 0 Å². The lowest BCUT2D eigenvalue weighted by Gasteiger charge is -2.36. The molecular weight excluding hydrogens is 1260 g/mol. The molecule has 95 heavy (non-hydrogen) atoms. The molecule has 506 valence electrons. The molecule has 24 heteroatoms.